The van der Waals surface area contributed by atoms with Crippen LogP contribution in [-0.2, 0) is 11.3 Å². The van der Waals surface area contributed by atoms with Crippen LogP contribution in [0.3, 0.4) is 0 Å². The predicted molar refractivity (Wildman–Crippen MR) is 140 cm³/mol. The molecule has 1 saturated heterocycles. The first-order valence-corrected chi connectivity index (χ1v) is 12.7. The summed E-state index contributed by atoms with van der Waals surface area (Å²) in [6, 6.07) is 12.2. The molecular formula is C27H30N8O2. The van der Waals surface area contributed by atoms with Gasteiger partial charge in [0.1, 0.15) is 5.82 Å². The van der Waals surface area contributed by atoms with Crippen molar-refractivity contribution < 1.29 is 9.53 Å². The molecular weight excluding hydrogens is 468 g/mol. The molecule has 0 unspecified atom stereocenters. The van der Waals surface area contributed by atoms with Crippen LogP contribution in [0.1, 0.15) is 24.8 Å². The highest BCUT2D eigenvalue weighted by atomic mass is 16.5. The molecule has 4 aromatic rings. The van der Waals surface area contributed by atoms with Crippen LogP contribution in [0.2, 0.25) is 0 Å². The molecule has 10 heteroatoms. The van der Waals surface area contributed by atoms with Crippen LogP contribution in [0.15, 0.2) is 48.8 Å². The average Bonchev–Trinajstić information content (AvgIpc) is 3.30. The molecule has 1 aromatic carbocycles. The van der Waals surface area contributed by atoms with Crippen molar-refractivity contribution in [1.29, 1.82) is 0 Å². The zero-order valence-electron chi connectivity index (χ0n) is 20.9. The van der Waals surface area contributed by atoms with Crippen LogP contribution >= 0.6 is 0 Å². The van der Waals surface area contributed by atoms with Gasteiger partial charge in [-0.3, -0.25) is 9.69 Å². The minimum absolute atomic E-state index is 0.279. The third kappa shape index (κ3) is 5.10. The van der Waals surface area contributed by atoms with Crippen LogP contribution in [0, 0.1) is 5.92 Å². The fraction of sp³-hybridized carbons (Fsp3) is 0.370. The summed E-state index contributed by atoms with van der Waals surface area (Å²) < 4.78 is 5.14. The molecule has 10 nitrogen and oxygen atoms in total. The van der Waals surface area contributed by atoms with Crippen molar-refractivity contribution in [2.75, 3.05) is 38.6 Å². The fourth-order valence-corrected chi connectivity index (χ4v) is 4.89. The number of methoxy groups -OCH3 is 1. The van der Waals surface area contributed by atoms with E-state index in [2.05, 4.69) is 41.2 Å². The van der Waals surface area contributed by atoms with E-state index in [-0.39, 0.29) is 5.92 Å². The first-order chi connectivity index (χ1) is 18.1. The van der Waals surface area contributed by atoms with Gasteiger partial charge in [-0.2, -0.15) is 4.98 Å². The number of anilines is 2. The van der Waals surface area contributed by atoms with Gasteiger partial charge in [-0.05, 0) is 48.7 Å². The summed E-state index contributed by atoms with van der Waals surface area (Å²) in [5, 5.41) is 3.30. The van der Waals surface area contributed by atoms with E-state index in [9.17, 15) is 4.79 Å². The van der Waals surface area contributed by atoms with E-state index in [1.54, 1.807) is 13.3 Å². The van der Waals surface area contributed by atoms with Gasteiger partial charge in [0, 0.05) is 56.6 Å². The maximum Gasteiger partial charge on any atom is 0.316 e. The Morgan fingerprint density at radius 3 is 2.68 bits per heavy atom. The molecule has 2 N–H and O–H groups in total. The fourth-order valence-electron chi connectivity index (χ4n) is 4.89. The van der Waals surface area contributed by atoms with Crippen LogP contribution in [0.4, 0.5) is 11.8 Å². The van der Waals surface area contributed by atoms with E-state index in [0.717, 1.165) is 73.7 Å². The Balaban J connectivity index is 1.10. The highest BCUT2D eigenvalue weighted by Gasteiger charge is 2.31. The van der Waals surface area contributed by atoms with Crippen molar-refractivity contribution in [3.63, 3.8) is 0 Å². The number of pyridine rings is 1. The van der Waals surface area contributed by atoms with E-state index in [1.807, 2.05) is 41.4 Å². The Morgan fingerprint density at radius 1 is 1.05 bits per heavy atom. The second-order valence-electron chi connectivity index (χ2n) is 9.65. The summed E-state index contributed by atoms with van der Waals surface area (Å²) in [4.78, 5) is 37.9. The molecule has 0 spiro atoms. The number of benzene rings is 1. The van der Waals surface area contributed by atoms with Gasteiger partial charge in [0.25, 0.3) is 0 Å². The number of rotatable bonds is 7. The average molecular weight is 499 g/mol. The smallest absolute Gasteiger partial charge is 0.316 e. The van der Waals surface area contributed by atoms with Gasteiger partial charge < -0.3 is 19.9 Å². The lowest BCUT2D eigenvalue weighted by Gasteiger charge is -2.38. The topological polar surface area (TPSA) is 112 Å². The van der Waals surface area contributed by atoms with Gasteiger partial charge in [0.2, 0.25) is 11.9 Å². The summed E-state index contributed by atoms with van der Waals surface area (Å²) in [6.07, 6.45) is 6.82. The van der Waals surface area contributed by atoms with Crippen molar-refractivity contribution in [1.82, 2.24) is 34.7 Å². The maximum absolute atomic E-state index is 12.5. The highest BCUT2D eigenvalue weighted by molar-refractivity contribution is 5.83. The summed E-state index contributed by atoms with van der Waals surface area (Å²) in [5.74, 6) is 1.99. The number of amides is 1. The van der Waals surface area contributed by atoms with Crippen LogP contribution in [0.25, 0.3) is 22.3 Å². The molecule has 2 aliphatic rings. The molecule has 1 amide bonds. The summed E-state index contributed by atoms with van der Waals surface area (Å²) in [7, 11) is 1.55. The number of piperazine rings is 1. The number of aromatic nitrogens is 5. The number of H-pyrrole nitrogens is 1. The van der Waals surface area contributed by atoms with Gasteiger partial charge in [0.05, 0.1) is 23.8 Å². The number of nitrogens with one attached hydrogen (secondary N) is 2. The monoisotopic (exact) mass is 498 g/mol. The second kappa shape index (κ2) is 10.1. The van der Waals surface area contributed by atoms with Crippen LogP contribution < -0.4 is 10.1 Å². The third-order valence-corrected chi connectivity index (χ3v) is 7.21. The number of aromatic amines is 1. The Kier molecular flexibility index (Phi) is 6.40. The highest BCUT2D eigenvalue weighted by Crippen LogP contribution is 2.29. The predicted octanol–water partition coefficient (Wildman–Crippen LogP) is 3.61. The number of nitrogens with zero attached hydrogens (tertiary/aromatic N) is 6. The van der Waals surface area contributed by atoms with E-state index in [4.69, 9.17) is 4.74 Å². The Morgan fingerprint density at radius 2 is 1.89 bits per heavy atom. The van der Waals surface area contributed by atoms with Gasteiger partial charge >= 0.3 is 6.01 Å². The molecule has 1 aliphatic carbocycles. The molecule has 3 aromatic heterocycles. The van der Waals surface area contributed by atoms with Gasteiger partial charge in [-0.15, -0.1) is 0 Å². The minimum Gasteiger partial charge on any atom is -0.467 e. The molecule has 0 atom stereocenters. The van der Waals surface area contributed by atoms with E-state index >= 15 is 0 Å². The Hall–Kier alpha value is -4.05. The summed E-state index contributed by atoms with van der Waals surface area (Å²) in [6.45, 7) is 4.25. The van der Waals surface area contributed by atoms with Gasteiger partial charge in [0.15, 0.2) is 0 Å². The quantitative estimate of drug-likeness (QED) is 0.397. The zero-order chi connectivity index (χ0) is 25.2. The number of ether oxygens (including phenoxy) is 1. The van der Waals surface area contributed by atoms with Gasteiger partial charge in [-0.1, -0.05) is 12.5 Å². The van der Waals surface area contributed by atoms with Crippen LogP contribution in [-0.4, -0.2) is 73.9 Å². The first kappa shape index (κ1) is 23.4. The first-order valence-electron chi connectivity index (χ1n) is 12.7. The Bertz CT molecular complexity index is 1410. The van der Waals surface area contributed by atoms with Gasteiger partial charge in [-0.25, -0.2) is 15.0 Å². The van der Waals surface area contributed by atoms with Crippen LogP contribution in [0.5, 0.6) is 6.01 Å². The molecule has 0 bridgehead atoms. The standard InChI is InChI=1S/C27H30N8O2/c1-37-27-29-10-8-21(32-27)20-5-6-22-23(16-20)31-26(30-22)33-24-15-18(7-9-28-24)17-34-11-13-35(14-12-34)25(36)19-3-2-4-19/h5-10,15-16,19H,2-4,11-14,17H2,1H3,(H2,28,30,31,33). The molecule has 37 heavy (non-hydrogen) atoms. The normalized spacial score (nSPS) is 16.5. The molecule has 6 rings (SSSR count). The van der Waals surface area contributed by atoms with Crippen molar-refractivity contribution in [2.45, 2.75) is 25.8 Å². The number of fused-ring (bicyclic) bond motifs is 1. The third-order valence-electron chi connectivity index (χ3n) is 7.21. The lowest BCUT2D eigenvalue weighted by molar-refractivity contribution is -0.140. The minimum atomic E-state index is 0.279. The largest absolute Gasteiger partial charge is 0.467 e. The number of hydrogen-bond acceptors (Lipinski definition) is 8. The van der Waals surface area contributed by atoms with E-state index in [0.29, 0.717) is 17.9 Å². The molecule has 2 fully saturated rings. The van der Waals surface area contributed by atoms with E-state index in [1.165, 1.54) is 12.0 Å². The number of imidazole rings is 1. The van der Waals surface area contributed by atoms with Crippen molar-refractivity contribution in [3.8, 4) is 17.3 Å². The SMILES string of the molecule is COc1nccc(-c2ccc3nc(Nc4cc(CN5CCN(C(=O)C6CCC6)CC5)ccn4)[nH]c3c2)n1. The lowest BCUT2D eigenvalue weighted by Crippen LogP contribution is -2.50. The zero-order valence-corrected chi connectivity index (χ0v) is 20.9. The number of carbonyl (C=O) groups is 1. The van der Waals surface area contributed by atoms with Crippen molar-refractivity contribution >= 4 is 28.7 Å². The number of hydrogen-bond donors (Lipinski definition) is 2. The Labute approximate surface area is 215 Å². The molecule has 1 aliphatic heterocycles. The van der Waals surface area contributed by atoms with Crippen molar-refractivity contribution in [2.24, 2.45) is 5.92 Å². The van der Waals surface area contributed by atoms with E-state index < -0.39 is 0 Å². The molecule has 4 heterocycles. The van der Waals surface area contributed by atoms with Crippen molar-refractivity contribution in [3.05, 3.63) is 54.4 Å². The lowest BCUT2D eigenvalue weighted by atomic mass is 9.84. The summed E-state index contributed by atoms with van der Waals surface area (Å²) in [5.41, 5.74) is 4.63. The molecule has 1 saturated carbocycles. The second-order valence-corrected chi connectivity index (χ2v) is 9.65. The maximum atomic E-state index is 12.5. The number of carbonyl (C=O) groups excluding carboxylic acids is 1. The molecule has 190 valence electrons. The molecule has 0 radical (unpaired) electrons. The summed E-state index contributed by atoms with van der Waals surface area (Å²) >= 11 is 0.